The van der Waals surface area contributed by atoms with Crippen molar-refractivity contribution in [1.82, 2.24) is 4.98 Å². The van der Waals surface area contributed by atoms with E-state index in [2.05, 4.69) is 15.0 Å². The fourth-order valence-corrected chi connectivity index (χ4v) is 1.66. The molecular formula is C11H9ClN2O2. The average Bonchev–Trinajstić information content (AvgIpc) is 2.28. The van der Waals surface area contributed by atoms with E-state index in [1.807, 2.05) is 0 Å². The molecule has 0 saturated carbocycles. The summed E-state index contributed by atoms with van der Waals surface area (Å²) in [5.41, 5.74) is 0.608. The zero-order valence-electron chi connectivity index (χ0n) is 8.53. The van der Waals surface area contributed by atoms with Gasteiger partial charge < -0.3 is 4.74 Å². The molecule has 0 radical (unpaired) electrons. The van der Waals surface area contributed by atoms with Gasteiger partial charge in [-0.1, -0.05) is 11.6 Å². The number of hydrogen-bond donors (Lipinski definition) is 1. The second kappa shape index (κ2) is 4.37. The van der Waals surface area contributed by atoms with Gasteiger partial charge in [0.05, 0.1) is 12.8 Å². The Morgan fingerprint density at radius 2 is 2.31 bits per heavy atom. The van der Waals surface area contributed by atoms with Crippen LogP contribution in [0.25, 0.3) is 10.8 Å². The Balaban J connectivity index is 2.54. The van der Waals surface area contributed by atoms with E-state index in [1.54, 1.807) is 30.6 Å². The standard InChI is InChI=1S/C11H9ClN2O2/c1-16-11(15)14-10-5-8(12)4-7-6-13-3-2-9(7)10/h2-6H,1H3,(H,14,15). The quantitative estimate of drug-likeness (QED) is 0.828. The monoisotopic (exact) mass is 236 g/mol. The van der Waals surface area contributed by atoms with Crippen LogP contribution in [0.5, 0.6) is 0 Å². The summed E-state index contributed by atoms with van der Waals surface area (Å²) in [5, 5.41) is 4.86. The Labute approximate surface area is 97.2 Å². The van der Waals surface area contributed by atoms with Crippen LogP contribution in [-0.4, -0.2) is 18.2 Å². The van der Waals surface area contributed by atoms with E-state index < -0.39 is 6.09 Å². The zero-order chi connectivity index (χ0) is 11.5. The lowest BCUT2D eigenvalue weighted by atomic mass is 10.1. The maximum absolute atomic E-state index is 11.1. The van der Waals surface area contributed by atoms with E-state index >= 15 is 0 Å². The number of carbonyl (C=O) groups is 1. The molecule has 4 nitrogen and oxygen atoms in total. The molecule has 1 aromatic carbocycles. The second-order valence-electron chi connectivity index (χ2n) is 3.17. The second-order valence-corrected chi connectivity index (χ2v) is 3.60. The smallest absolute Gasteiger partial charge is 0.411 e. The Morgan fingerprint density at radius 1 is 1.50 bits per heavy atom. The van der Waals surface area contributed by atoms with Crippen LogP contribution in [0.4, 0.5) is 10.5 Å². The molecule has 0 atom stereocenters. The van der Waals surface area contributed by atoms with Crippen LogP contribution < -0.4 is 5.32 Å². The molecule has 0 spiro atoms. The zero-order valence-corrected chi connectivity index (χ0v) is 9.28. The summed E-state index contributed by atoms with van der Waals surface area (Å²) in [7, 11) is 1.31. The molecule has 2 rings (SSSR count). The molecule has 16 heavy (non-hydrogen) atoms. The number of hydrogen-bond acceptors (Lipinski definition) is 3. The van der Waals surface area contributed by atoms with Crippen LogP contribution in [0, 0.1) is 0 Å². The van der Waals surface area contributed by atoms with Crippen molar-refractivity contribution in [2.45, 2.75) is 0 Å². The van der Waals surface area contributed by atoms with Gasteiger partial charge in [-0.3, -0.25) is 10.3 Å². The summed E-state index contributed by atoms with van der Waals surface area (Å²) in [6, 6.07) is 5.25. The van der Waals surface area contributed by atoms with E-state index in [-0.39, 0.29) is 0 Å². The third-order valence-corrected chi connectivity index (χ3v) is 2.36. The molecule has 0 unspecified atom stereocenters. The molecule has 0 aliphatic carbocycles. The lowest BCUT2D eigenvalue weighted by Gasteiger charge is -2.08. The Bertz CT molecular complexity index is 542. The third kappa shape index (κ3) is 2.06. The first-order chi connectivity index (χ1) is 7.70. The molecule has 2 aromatic rings. The van der Waals surface area contributed by atoms with Gasteiger partial charge in [0.1, 0.15) is 0 Å². The first-order valence-corrected chi connectivity index (χ1v) is 4.97. The number of pyridine rings is 1. The molecule has 5 heteroatoms. The van der Waals surface area contributed by atoms with E-state index in [0.29, 0.717) is 10.7 Å². The molecule has 0 bridgehead atoms. The van der Waals surface area contributed by atoms with E-state index in [9.17, 15) is 4.79 Å². The molecule has 0 aliphatic heterocycles. The lowest BCUT2D eigenvalue weighted by Crippen LogP contribution is -2.11. The highest BCUT2D eigenvalue weighted by Crippen LogP contribution is 2.27. The van der Waals surface area contributed by atoms with Gasteiger partial charge in [-0.2, -0.15) is 0 Å². The maximum Gasteiger partial charge on any atom is 0.411 e. The van der Waals surface area contributed by atoms with E-state index in [4.69, 9.17) is 11.6 Å². The molecule has 1 N–H and O–H groups in total. The fraction of sp³-hybridized carbons (Fsp3) is 0.0909. The summed E-state index contributed by atoms with van der Waals surface area (Å²) < 4.78 is 4.53. The van der Waals surface area contributed by atoms with Crippen molar-refractivity contribution in [2.24, 2.45) is 0 Å². The summed E-state index contributed by atoms with van der Waals surface area (Å²) >= 11 is 5.93. The number of nitrogens with one attached hydrogen (secondary N) is 1. The molecule has 82 valence electrons. The number of rotatable bonds is 1. The summed E-state index contributed by atoms with van der Waals surface area (Å²) in [6.07, 6.45) is 2.81. The predicted octanol–water partition coefficient (Wildman–Crippen LogP) is 3.07. The number of methoxy groups -OCH3 is 1. The van der Waals surface area contributed by atoms with Gasteiger partial charge in [0.2, 0.25) is 0 Å². The molecule has 1 aromatic heterocycles. The lowest BCUT2D eigenvalue weighted by molar-refractivity contribution is 0.187. The highest BCUT2D eigenvalue weighted by Gasteiger charge is 2.06. The number of halogens is 1. The molecular weight excluding hydrogens is 228 g/mol. The van der Waals surface area contributed by atoms with Crippen LogP contribution in [-0.2, 0) is 4.74 Å². The van der Waals surface area contributed by atoms with Crippen molar-refractivity contribution in [3.05, 3.63) is 35.6 Å². The topological polar surface area (TPSA) is 51.2 Å². The number of fused-ring (bicyclic) bond motifs is 1. The minimum atomic E-state index is -0.527. The van der Waals surface area contributed by atoms with Crippen molar-refractivity contribution in [3.8, 4) is 0 Å². The van der Waals surface area contributed by atoms with Gasteiger partial charge in [-0.05, 0) is 18.2 Å². The maximum atomic E-state index is 11.1. The number of nitrogens with zero attached hydrogens (tertiary/aromatic N) is 1. The van der Waals surface area contributed by atoms with Crippen molar-refractivity contribution >= 4 is 34.2 Å². The van der Waals surface area contributed by atoms with Crippen molar-refractivity contribution in [2.75, 3.05) is 12.4 Å². The Kier molecular flexibility index (Phi) is 2.92. The van der Waals surface area contributed by atoms with Crippen LogP contribution >= 0.6 is 11.6 Å². The SMILES string of the molecule is COC(=O)Nc1cc(Cl)cc2cnccc12. The fourth-order valence-electron chi connectivity index (χ4n) is 1.44. The largest absolute Gasteiger partial charge is 0.453 e. The predicted molar refractivity (Wildman–Crippen MR) is 62.8 cm³/mol. The van der Waals surface area contributed by atoms with Gasteiger partial charge >= 0.3 is 6.09 Å². The minimum absolute atomic E-state index is 0.527. The van der Waals surface area contributed by atoms with Crippen molar-refractivity contribution in [3.63, 3.8) is 0 Å². The van der Waals surface area contributed by atoms with Gasteiger partial charge in [0.15, 0.2) is 0 Å². The highest BCUT2D eigenvalue weighted by atomic mass is 35.5. The van der Waals surface area contributed by atoms with Crippen molar-refractivity contribution in [1.29, 1.82) is 0 Å². The van der Waals surface area contributed by atoms with Crippen LogP contribution in [0.1, 0.15) is 0 Å². The third-order valence-electron chi connectivity index (χ3n) is 2.14. The number of amides is 1. The normalized spacial score (nSPS) is 10.1. The highest BCUT2D eigenvalue weighted by molar-refractivity contribution is 6.32. The minimum Gasteiger partial charge on any atom is -0.453 e. The van der Waals surface area contributed by atoms with Gasteiger partial charge in [0.25, 0.3) is 0 Å². The number of ether oxygens (including phenoxy) is 1. The van der Waals surface area contributed by atoms with Crippen LogP contribution in [0.15, 0.2) is 30.6 Å². The number of carbonyl (C=O) groups excluding carboxylic acids is 1. The first kappa shape index (κ1) is 10.7. The average molecular weight is 237 g/mol. The van der Waals surface area contributed by atoms with E-state index in [1.165, 1.54) is 7.11 Å². The Hall–Kier alpha value is -1.81. The molecule has 1 amide bonds. The summed E-state index contributed by atoms with van der Waals surface area (Å²) in [6.45, 7) is 0. The molecule has 0 saturated heterocycles. The van der Waals surface area contributed by atoms with Gasteiger partial charge in [-0.15, -0.1) is 0 Å². The summed E-state index contributed by atoms with van der Waals surface area (Å²) in [5.74, 6) is 0. The number of benzene rings is 1. The van der Waals surface area contributed by atoms with Gasteiger partial charge in [0, 0.05) is 28.2 Å². The first-order valence-electron chi connectivity index (χ1n) is 4.59. The van der Waals surface area contributed by atoms with Crippen LogP contribution in [0.2, 0.25) is 5.02 Å². The molecule has 0 fully saturated rings. The van der Waals surface area contributed by atoms with Gasteiger partial charge in [-0.25, -0.2) is 4.79 Å². The van der Waals surface area contributed by atoms with Crippen LogP contribution in [0.3, 0.4) is 0 Å². The van der Waals surface area contributed by atoms with E-state index in [0.717, 1.165) is 10.8 Å². The molecule has 1 heterocycles. The number of anilines is 1. The number of aromatic nitrogens is 1. The Morgan fingerprint density at radius 3 is 3.06 bits per heavy atom. The van der Waals surface area contributed by atoms with Crippen molar-refractivity contribution < 1.29 is 9.53 Å². The summed E-state index contributed by atoms with van der Waals surface area (Å²) in [4.78, 5) is 15.1. The molecule has 0 aliphatic rings.